The van der Waals surface area contributed by atoms with E-state index in [-0.39, 0.29) is 35.0 Å². The first-order chi connectivity index (χ1) is 14.8. The highest BCUT2D eigenvalue weighted by Gasteiger charge is 2.26. The zero-order valence-electron chi connectivity index (χ0n) is 17.3. The number of carbonyl (C=O) groups is 1. The largest absolute Gasteiger partial charge is 0.507 e. The normalized spacial score (nSPS) is 11.6. The number of methoxy groups -OCH3 is 2. The summed E-state index contributed by atoms with van der Waals surface area (Å²) in [6.45, 7) is 1.54. The Morgan fingerprint density at radius 1 is 1.03 bits per heavy atom. The van der Waals surface area contributed by atoms with Gasteiger partial charge in [-0.3, -0.25) is 4.79 Å². The third-order valence-corrected chi connectivity index (χ3v) is 4.81. The van der Waals surface area contributed by atoms with E-state index in [0.29, 0.717) is 17.0 Å². The summed E-state index contributed by atoms with van der Waals surface area (Å²) in [6.07, 6.45) is -0.181. The molecule has 0 aliphatic carbocycles. The van der Waals surface area contributed by atoms with Crippen LogP contribution in [0.3, 0.4) is 0 Å². The molecule has 0 saturated carbocycles. The van der Waals surface area contributed by atoms with Gasteiger partial charge in [-0.1, -0.05) is 6.07 Å². The number of phenolic OH excluding ortho intramolecular Hbond substituents is 1. The monoisotopic (exact) mass is 425 g/mol. The molecule has 8 nitrogen and oxygen atoms in total. The van der Waals surface area contributed by atoms with Crippen LogP contribution in [0.2, 0.25) is 0 Å². The van der Waals surface area contributed by atoms with E-state index in [1.165, 1.54) is 32.2 Å². The van der Waals surface area contributed by atoms with Gasteiger partial charge in [-0.2, -0.15) is 0 Å². The van der Waals surface area contributed by atoms with Gasteiger partial charge in [0, 0.05) is 24.1 Å². The molecular weight excluding hydrogens is 402 g/mol. The lowest BCUT2D eigenvalue weighted by Gasteiger charge is -2.19. The topological polar surface area (TPSA) is 118 Å². The lowest BCUT2D eigenvalue weighted by molar-refractivity contribution is -0.116. The van der Waals surface area contributed by atoms with Crippen LogP contribution < -0.4 is 20.4 Å². The van der Waals surface area contributed by atoms with E-state index >= 15 is 0 Å². The van der Waals surface area contributed by atoms with Crippen molar-refractivity contribution in [1.82, 2.24) is 0 Å². The van der Waals surface area contributed by atoms with Crippen molar-refractivity contribution in [3.05, 3.63) is 75.8 Å². The SMILES string of the molecule is COc1ccc(NC(=O)CC(c2ccc(OC)c(O)c2)c2c(O)cc(C)oc2=O)cc1. The third kappa shape index (κ3) is 4.98. The second-order valence-electron chi connectivity index (χ2n) is 6.91. The lowest BCUT2D eigenvalue weighted by Crippen LogP contribution is -2.21. The number of benzene rings is 2. The predicted molar refractivity (Wildman–Crippen MR) is 114 cm³/mol. The van der Waals surface area contributed by atoms with Gasteiger partial charge in [0.05, 0.1) is 19.8 Å². The molecule has 0 aliphatic rings. The Labute approximate surface area is 178 Å². The first kappa shape index (κ1) is 21.8. The summed E-state index contributed by atoms with van der Waals surface area (Å²) >= 11 is 0. The van der Waals surface area contributed by atoms with Crippen molar-refractivity contribution in [2.24, 2.45) is 0 Å². The maximum absolute atomic E-state index is 12.8. The molecule has 0 spiro atoms. The Hall–Kier alpha value is -3.94. The first-order valence-electron chi connectivity index (χ1n) is 9.46. The maximum atomic E-state index is 12.8. The Kier molecular flexibility index (Phi) is 6.49. The molecule has 0 bridgehead atoms. The molecule has 3 aromatic rings. The third-order valence-electron chi connectivity index (χ3n) is 4.81. The molecular formula is C23H23NO7. The van der Waals surface area contributed by atoms with Gasteiger partial charge in [0.2, 0.25) is 5.91 Å². The van der Waals surface area contributed by atoms with Gasteiger partial charge in [-0.05, 0) is 48.9 Å². The van der Waals surface area contributed by atoms with Gasteiger partial charge in [0.1, 0.15) is 17.3 Å². The summed E-state index contributed by atoms with van der Waals surface area (Å²) in [6, 6.07) is 12.6. The van der Waals surface area contributed by atoms with Gasteiger partial charge < -0.3 is 29.4 Å². The van der Waals surface area contributed by atoms with Crippen LogP contribution in [-0.4, -0.2) is 30.3 Å². The average molecular weight is 425 g/mol. The first-order valence-corrected chi connectivity index (χ1v) is 9.46. The highest BCUT2D eigenvalue weighted by Crippen LogP contribution is 2.36. The summed E-state index contributed by atoms with van der Waals surface area (Å²) in [7, 11) is 2.96. The van der Waals surface area contributed by atoms with Crippen molar-refractivity contribution in [2.75, 3.05) is 19.5 Å². The minimum absolute atomic E-state index is 0.0694. The molecule has 3 rings (SSSR count). The van der Waals surface area contributed by atoms with Crippen LogP contribution in [0.15, 0.2) is 57.7 Å². The standard InChI is InChI=1S/C23H23NO7/c1-13-10-19(26)22(23(28)31-13)17(14-4-9-20(30-3)18(25)11-14)12-21(27)24-15-5-7-16(29-2)8-6-15/h4-11,17,25-26H,12H2,1-3H3,(H,24,27). The van der Waals surface area contributed by atoms with Gasteiger partial charge in [-0.15, -0.1) is 0 Å². The van der Waals surface area contributed by atoms with E-state index in [4.69, 9.17) is 13.9 Å². The van der Waals surface area contributed by atoms with E-state index in [1.807, 2.05) is 0 Å². The zero-order valence-corrected chi connectivity index (χ0v) is 17.3. The van der Waals surface area contributed by atoms with E-state index in [2.05, 4.69) is 5.32 Å². The van der Waals surface area contributed by atoms with Crippen LogP contribution >= 0.6 is 0 Å². The summed E-state index contributed by atoms with van der Waals surface area (Å²) in [5, 5.41) is 23.4. The lowest BCUT2D eigenvalue weighted by atomic mass is 9.88. The number of phenols is 1. The molecule has 0 saturated heterocycles. The van der Waals surface area contributed by atoms with Crippen molar-refractivity contribution < 1.29 is 28.9 Å². The number of amides is 1. The minimum atomic E-state index is -0.869. The van der Waals surface area contributed by atoms with E-state index in [9.17, 15) is 19.8 Å². The summed E-state index contributed by atoms with van der Waals surface area (Å²) < 4.78 is 15.3. The van der Waals surface area contributed by atoms with Crippen molar-refractivity contribution in [2.45, 2.75) is 19.3 Å². The Morgan fingerprint density at radius 2 is 1.74 bits per heavy atom. The van der Waals surface area contributed by atoms with Gasteiger partial charge in [-0.25, -0.2) is 4.79 Å². The maximum Gasteiger partial charge on any atom is 0.343 e. The number of anilines is 1. The van der Waals surface area contributed by atoms with Crippen LogP contribution in [-0.2, 0) is 4.79 Å². The molecule has 162 valence electrons. The second-order valence-corrected chi connectivity index (χ2v) is 6.91. The number of hydrogen-bond donors (Lipinski definition) is 3. The number of nitrogens with one attached hydrogen (secondary N) is 1. The van der Waals surface area contributed by atoms with Gasteiger partial charge in [0.15, 0.2) is 11.5 Å². The van der Waals surface area contributed by atoms with Crippen molar-refractivity contribution in [1.29, 1.82) is 0 Å². The number of aromatic hydroxyl groups is 2. The molecule has 31 heavy (non-hydrogen) atoms. The number of hydrogen-bond acceptors (Lipinski definition) is 7. The summed E-state index contributed by atoms with van der Waals surface area (Å²) in [4.78, 5) is 25.3. The minimum Gasteiger partial charge on any atom is -0.507 e. The molecule has 1 heterocycles. The number of carbonyl (C=O) groups excluding carboxylic acids is 1. The fourth-order valence-corrected chi connectivity index (χ4v) is 3.31. The molecule has 2 aromatic carbocycles. The Bertz CT molecular complexity index is 1140. The Morgan fingerprint density at radius 3 is 2.32 bits per heavy atom. The molecule has 0 fully saturated rings. The molecule has 3 N–H and O–H groups in total. The average Bonchev–Trinajstić information content (AvgIpc) is 2.72. The van der Waals surface area contributed by atoms with Gasteiger partial charge >= 0.3 is 5.63 Å². The number of aryl methyl sites for hydroxylation is 1. The summed E-state index contributed by atoms with van der Waals surface area (Å²) in [5.41, 5.74) is 0.159. The highest BCUT2D eigenvalue weighted by atomic mass is 16.5. The van der Waals surface area contributed by atoms with E-state index < -0.39 is 17.5 Å². The molecule has 0 aliphatic heterocycles. The number of ether oxygens (including phenoxy) is 2. The van der Waals surface area contributed by atoms with Crippen LogP contribution in [0.5, 0.6) is 23.0 Å². The van der Waals surface area contributed by atoms with E-state index in [1.54, 1.807) is 37.4 Å². The van der Waals surface area contributed by atoms with Crippen LogP contribution in [0.25, 0.3) is 0 Å². The molecule has 1 atom stereocenters. The quantitative estimate of drug-likeness (QED) is 0.530. The summed E-state index contributed by atoms with van der Waals surface area (Å²) in [5.74, 6) is -0.581. The molecule has 1 unspecified atom stereocenters. The second kappa shape index (κ2) is 9.25. The molecule has 8 heteroatoms. The van der Waals surface area contributed by atoms with Crippen LogP contribution in [0.4, 0.5) is 5.69 Å². The molecule has 1 aromatic heterocycles. The van der Waals surface area contributed by atoms with Crippen molar-refractivity contribution in [3.8, 4) is 23.0 Å². The highest BCUT2D eigenvalue weighted by molar-refractivity contribution is 5.91. The number of rotatable bonds is 7. The molecule has 0 radical (unpaired) electrons. The fraction of sp³-hybridized carbons (Fsp3) is 0.217. The smallest absolute Gasteiger partial charge is 0.343 e. The van der Waals surface area contributed by atoms with Crippen LogP contribution in [0.1, 0.15) is 29.2 Å². The molecule has 1 amide bonds. The van der Waals surface area contributed by atoms with Gasteiger partial charge in [0.25, 0.3) is 0 Å². The van der Waals surface area contributed by atoms with Crippen molar-refractivity contribution >= 4 is 11.6 Å². The van der Waals surface area contributed by atoms with E-state index in [0.717, 1.165) is 0 Å². The predicted octanol–water partition coefficient (Wildman–Crippen LogP) is 3.54. The zero-order chi connectivity index (χ0) is 22.5. The van der Waals surface area contributed by atoms with Crippen molar-refractivity contribution in [3.63, 3.8) is 0 Å². The fourth-order valence-electron chi connectivity index (χ4n) is 3.31. The van der Waals surface area contributed by atoms with Crippen LogP contribution in [0, 0.1) is 6.92 Å². The Balaban J connectivity index is 1.97.